The summed E-state index contributed by atoms with van der Waals surface area (Å²) < 4.78 is 11.7. The van der Waals surface area contributed by atoms with Crippen LogP contribution in [0.3, 0.4) is 0 Å². The summed E-state index contributed by atoms with van der Waals surface area (Å²) in [6.07, 6.45) is 9.08. The first kappa shape index (κ1) is 17.3. The Morgan fingerprint density at radius 1 is 1.17 bits per heavy atom. The quantitative estimate of drug-likeness (QED) is 0.758. The van der Waals surface area contributed by atoms with Crippen molar-refractivity contribution in [2.45, 2.75) is 70.0 Å². The van der Waals surface area contributed by atoms with E-state index >= 15 is 0 Å². The topological polar surface area (TPSA) is 55.8 Å². The smallest absolute Gasteiger partial charge is 0.303 e. The van der Waals surface area contributed by atoms with Gasteiger partial charge in [0.2, 0.25) is 0 Å². The minimum Gasteiger partial charge on any atom is -0.497 e. The number of benzene rings is 1. The summed E-state index contributed by atoms with van der Waals surface area (Å²) in [4.78, 5) is 10.7. The molecule has 1 aromatic rings. The van der Waals surface area contributed by atoms with E-state index in [1.54, 1.807) is 7.11 Å². The summed E-state index contributed by atoms with van der Waals surface area (Å²) in [7, 11) is 1.69. The molecule has 0 aliphatic heterocycles. The summed E-state index contributed by atoms with van der Waals surface area (Å²) in [6, 6.07) is 8.08. The first-order chi connectivity index (χ1) is 11.5. The molecule has 132 valence electrons. The predicted molar refractivity (Wildman–Crippen MR) is 92.1 cm³/mol. The zero-order valence-corrected chi connectivity index (χ0v) is 14.6. The third kappa shape index (κ3) is 3.92. The maximum Gasteiger partial charge on any atom is 0.303 e. The molecule has 0 spiro atoms. The van der Waals surface area contributed by atoms with Crippen LogP contribution in [0.25, 0.3) is 0 Å². The fraction of sp³-hybridized carbons (Fsp3) is 0.650. The van der Waals surface area contributed by atoms with E-state index in [1.165, 1.54) is 19.3 Å². The number of carboxylic acid groups (broad SMARTS) is 1. The largest absolute Gasteiger partial charge is 0.497 e. The van der Waals surface area contributed by atoms with Crippen LogP contribution in [0.2, 0.25) is 0 Å². The monoisotopic (exact) mass is 332 g/mol. The first-order valence-corrected chi connectivity index (χ1v) is 9.04. The Bertz CT molecular complexity index is 556. The molecule has 1 N–H and O–H groups in total. The van der Waals surface area contributed by atoms with Gasteiger partial charge in [0.05, 0.1) is 19.3 Å². The van der Waals surface area contributed by atoms with Crippen LogP contribution in [0.5, 0.6) is 5.75 Å². The van der Waals surface area contributed by atoms with Crippen molar-refractivity contribution in [1.29, 1.82) is 0 Å². The van der Waals surface area contributed by atoms with Crippen LogP contribution in [0.1, 0.15) is 63.4 Å². The average Bonchev–Trinajstić information content (AvgIpc) is 2.62. The molecule has 4 nitrogen and oxygen atoms in total. The van der Waals surface area contributed by atoms with Crippen LogP contribution >= 0.6 is 0 Å². The molecule has 2 bridgehead atoms. The number of hydrogen-bond acceptors (Lipinski definition) is 3. The van der Waals surface area contributed by atoms with Crippen LogP contribution in [0.4, 0.5) is 0 Å². The number of methoxy groups -OCH3 is 1. The van der Waals surface area contributed by atoms with E-state index in [9.17, 15) is 4.79 Å². The Balaban J connectivity index is 1.52. The van der Waals surface area contributed by atoms with Crippen molar-refractivity contribution in [3.05, 3.63) is 29.8 Å². The van der Waals surface area contributed by atoms with E-state index < -0.39 is 5.97 Å². The fourth-order valence-corrected chi connectivity index (χ4v) is 4.43. The van der Waals surface area contributed by atoms with Gasteiger partial charge in [-0.05, 0) is 74.5 Å². The molecule has 24 heavy (non-hydrogen) atoms. The van der Waals surface area contributed by atoms with Crippen molar-refractivity contribution < 1.29 is 19.4 Å². The van der Waals surface area contributed by atoms with Crippen LogP contribution in [-0.2, 0) is 16.1 Å². The third-order valence-corrected chi connectivity index (χ3v) is 6.11. The van der Waals surface area contributed by atoms with E-state index in [0.29, 0.717) is 18.4 Å². The van der Waals surface area contributed by atoms with Gasteiger partial charge in [-0.3, -0.25) is 4.79 Å². The van der Waals surface area contributed by atoms with Gasteiger partial charge in [0, 0.05) is 6.42 Å². The highest BCUT2D eigenvalue weighted by Gasteiger charge is 2.48. The Hall–Kier alpha value is -1.55. The standard InChI is InChI=1S/C20H28O4/c1-23-17-5-2-4-16(14-17)15-24-20-11-8-19(9-12-20,10-13-20)7-3-6-18(21)22/h2,4-5,14H,3,6-13,15H2,1H3,(H,21,22). The van der Waals surface area contributed by atoms with Crippen molar-refractivity contribution in [3.8, 4) is 5.75 Å². The molecular weight excluding hydrogens is 304 g/mol. The number of aliphatic carboxylic acids is 1. The highest BCUT2D eigenvalue weighted by molar-refractivity contribution is 5.66. The Labute approximate surface area is 144 Å². The van der Waals surface area contributed by atoms with E-state index in [2.05, 4.69) is 6.07 Å². The number of ether oxygens (including phenoxy) is 2. The van der Waals surface area contributed by atoms with Gasteiger partial charge in [-0.15, -0.1) is 0 Å². The average molecular weight is 332 g/mol. The number of carbonyl (C=O) groups is 1. The van der Waals surface area contributed by atoms with Crippen LogP contribution < -0.4 is 4.74 Å². The molecule has 4 rings (SSSR count). The van der Waals surface area contributed by atoms with Gasteiger partial charge >= 0.3 is 5.97 Å². The second-order valence-electron chi connectivity index (χ2n) is 7.57. The molecule has 3 aliphatic carbocycles. The molecule has 0 radical (unpaired) electrons. The number of hydrogen-bond donors (Lipinski definition) is 1. The normalized spacial score (nSPS) is 28.7. The predicted octanol–water partition coefficient (Wildman–Crippen LogP) is 4.56. The number of carboxylic acids is 1. The molecule has 0 atom stereocenters. The summed E-state index contributed by atoms with van der Waals surface area (Å²) in [5.74, 6) is 0.201. The van der Waals surface area contributed by atoms with Crippen molar-refractivity contribution in [2.24, 2.45) is 5.41 Å². The first-order valence-electron chi connectivity index (χ1n) is 9.04. The molecule has 3 saturated carbocycles. The molecule has 0 amide bonds. The van der Waals surface area contributed by atoms with Gasteiger partial charge in [-0.2, -0.15) is 0 Å². The third-order valence-electron chi connectivity index (χ3n) is 6.11. The Morgan fingerprint density at radius 3 is 2.50 bits per heavy atom. The molecule has 1 aromatic carbocycles. The van der Waals surface area contributed by atoms with E-state index in [0.717, 1.165) is 43.4 Å². The second-order valence-corrected chi connectivity index (χ2v) is 7.57. The highest BCUT2D eigenvalue weighted by Crippen LogP contribution is 2.56. The SMILES string of the molecule is COc1cccc(COC23CCC(CCCC(=O)O)(CC2)CC3)c1. The summed E-state index contributed by atoms with van der Waals surface area (Å²) in [5.41, 5.74) is 1.58. The van der Waals surface area contributed by atoms with Gasteiger partial charge in [-0.1, -0.05) is 12.1 Å². The van der Waals surface area contributed by atoms with Crippen molar-refractivity contribution in [2.75, 3.05) is 7.11 Å². The summed E-state index contributed by atoms with van der Waals surface area (Å²) in [6.45, 7) is 0.642. The molecule has 0 heterocycles. The maximum atomic E-state index is 10.7. The van der Waals surface area contributed by atoms with Gasteiger partial charge in [0.1, 0.15) is 5.75 Å². The highest BCUT2D eigenvalue weighted by atomic mass is 16.5. The molecule has 0 unspecified atom stereocenters. The lowest BCUT2D eigenvalue weighted by molar-refractivity contribution is -0.147. The van der Waals surface area contributed by atoms with Crippen molar-refractivity contribution in [1.82, 2.24) is 0 Å². The van der Waals surface area contributed by atoms with Gasteiger partial charge < -0.3 is 14.6 Å². The zero-order chi connectivity index (χ0) is 17.0. The van der Waals surface area contributed by atoms with Crippen LogP contribution in [-0.4, -0.2) is 23.8 Å². The van der Waals surface area contributed by atoms with Gasteiger partial charge in [-0.25, -0.2) is 0 Å². The van der Waals surface area contributed by atoms with E-state index in [4.69, 9.17) is 14.6 Å². The number of rotatable bonds is 8. The molecule has 0 saturated heterocycles. The van der Waals surface area contributed by atoms with Crippen molar-refractivity contribution in [3.63, 3.8) is 0 Å². The minimum absolute atomic E-state index is 0.0393. The van der Waals surface area contributed by atoms with Gasteiger partial charge in [0.25, 0.3) is 0 Å². The lowest BCUT2D eigenvalue weighted by Crippen LogP contribution is -2.47. The Kier molecular flexibility index (Phi) is 5.14. The molecule has 4 heteroatoms. The molecular formula is C20H28O4. The van der Waals surface area contributed by atoms with E-state index in [-0.39, 0.29) is 5.60 Å². The molecule has 0 aromatic heterocycles. The van der Waals surface area contributed by atoms with Gasteiger partial charge in [0.15, 0.2) is 0 Å². The lowest BCUT2D eigenvalue weighted by Gasteiger charge is -2.53. The zero-order valence-electron chi connectivity index (χ0n) is 14.6. The Morgan fingerprint density at radius 2 is 1.88 bits per heavy atom. The van der Waals surface area contributed by atoms with Crippen LogP contribution in [0, 0.1) is 5.41 Å². The number of fused-ring (bicyclic) bond motifs is 3. The molecule has 3 fully saturated rings. The van der Waals surface area contributed by atoms with Crippen LogP contribution in [0.15, 0.2) is 24.3 Å². The molecule has 3 aliphatic rings. The minimum atomic E-state index is -0.672. The maximum absolute atomic E-state index is 10.7. The van der Waals surface area contributed by atoms with E-state index in [1.807, 2.05) is 18.2 Å². The second kappa shape index (κ2) is 7.14. The van der Waals surface area contributed by atoms with Crippen molar-refractivity contribution >= 4 is 5.97 Å². The summed E-state index contributed by atoms with van der Waals surface area (Å²) in [5, 5.41) is 8.84. The lowest BCUT2D eigenvalue weighted by atomic mass is 9.57. The summed E-state index contributed by atoms with van der Waals surface area (Å²) >= 11 is 0. The fourth-order valence-electron chi connectivity index (χ4n) is 4.43.